The van der Waals surface area contributed by atoms with Crippen LogP contribution in [0.25, 0.3) is 0 Å². The molecule has 21 heavy (non-hydrogen) atoms. The molecular weight excluding hydrogens is 325 g/mol. The number of hydrogen-bond donors (Lipinski definition) is 1. The Bertz CT molecular complexity index is 584. The zero-order chi connectivity index (χ0) is 14.8. The molecule has 2 aromatic heterocycles. The quantitative estimate of drug-likeness (QED) is 0.752. The summed E-state index contributed by atoms with van der Waals surface area (Å²) in [5.74, 6) is 0. The third-order valence-electron chi connectivity index (χ3n) is 2.96. The van der Waals surface area contributed by atoms with Crippen molar-refractivity contribution < 1.29 is 35.3 Å². The average Bonchev–Trinajstić information content (AvgIpc) is 2.72. The second kappa shape index (κ2) is 7.20. The van der Waals surface area contributed by atoms with Gasteiger partial charge in [0.2, 0.25) is 5.51 Å². The highest BCUT2D eigenvalue weighted by Gasteiger charge is 2.32. The zero-order valence-corrected chi connectivity index (χ0v) is 12.8. The highest BCUT2D eigenvalue weighted by atomic mass is 35.5. The van der Waals surface area contributed by atoms with Gasteiger partial charge in [0, 0.05) is 31.7 Å². The fourth-order valence-electron chi connectivity index (χ4n) is 1.83. The maximum absolute atomic E-state index is 12.4. The van der Waals surface area contributed by atoms with Crippen molar-refractivity contribution in [1.29, 1.82) is 0 Å². The van der Waals surface area contributed by atoms with E-state index in [1.54, 1.807) is 0 Å². The van der Waals surface area contributed by atoms with Gasteiger partial charge in [-0.05, 0) is 12.1 Å². The van der Waals surface area contributed by atoms with Crippen LogP contribution in [0.2, 0.25) is 0 Å². The lowest BCUT2D eigenvalue weighted by Gasteiger charge is -2.05. The molecule has 1 N–H and O–H groups in total. The molecule has 0 aromatic carbocycles. The van der Waals surface area contributed by atoms with Crippen molar-refractivity contribution in [3.63, 3.8) is 0 Å². The van der Waals surface area contributed by atoms with Gasteiger partial charge >= 0.3 is 6.18 Å². The molecule has 0 radical (unpaired) electrons. The van der Waals surface area contributed by atoms with E-state index in [1.807, 2.05) is 17.0 Å². The lowest BCUT2D eigenvalue weighted by molar-refractivity contribution is -0.689. The van der Waals surface area contributed by atoms with Gasteiger partial charge in [-0.1, -0.05) is 11.3 Å². The molecule has 0 fully saturated rings. The number of pyridine rings is 1. The third-order valence-corrected chi connectivity index (χ3v) is 4.11. The Hall–Kier alpha value is -1.18. The minimum atomic E-state index is -4.40. The Morgan fingerprint density at radius 3 is 2.57 bits per heavy atom. The molecule has 0 atom stereocenters. The van der Waals surface area contributed by atoms with Gasteiger partial charge in [-0.2, -0.15) is 17.7 Å². The largest absolute Gasteiger partial charge is 1.00 e. The van der Waals surface area contributed by atoms with Crippen LogP contribution in [0.4, 0.5) is 13.2 Å². The molecule has 116 valence electrons. The topological polar surface area (TPSA) is 37.0 Å². The van der Waals surface area contributed by atoms with E-state index >= 15 is 0 Å². The fraction of sp³-hybridized carbons (Fsp3) is 0.385. The summed E-state index contributed by atoms with van der Waals surface area (Å²) in [6, 6.07) is 2.43. The van der Waals surface area contributed by atoms with Crippen molar-refractivity contribution in [1.82, 2.24) is 4.98 Å². The normalized spacial score (nSPS) is 11.3. The van der Waals surface area contributed by atoms with Crippen LogP contribution >= 0.6 is 11.3 Å². The maximum atomic E-state index is 12.4. The van der Waals surface area contributed by atoms with E-state index in [0.29, 0.717) is 18.5 Å². The van der Waals surface area contributed by atoms with Gasteiger partial charge in [-0.15, -0.1) is 0 Å². The predicted molar refractivity (Wildman–Crippen MR) is 68.4 cm³/mol. The van der Waals surface area contributed by atoms with E-state index < -0.39 is 11.9 Å². The van der Waals surface area contributed by atoms with E-state index in [1.165, 1.54) is 23.6 Å². The maximum Gasteiger partial charge on any atom is 0.433 e. The molecule has 2 heterocycles. The number of nitrogens with zero attached hydrogens (tertiary/aromatic N) is 2. The van der Waals surface area contributed by atoms with Crippen molar-refractivity contribution in [3.8, 4) is 0 Å². The van der Waals surface area contributed by atoms with Gasteiger partial charge in [-0.25, -0.2) is 0 Å². The Kier molecular flexibility index (Phi) is 6.12. The number of halogens is 4. The van der Waals surface area contributed by atoms with E-state index in [9.17, 15) is 13.2 Å². The monoisotopic (exact) mass is 338 g/mol. The molecule has 3 nitrogen and oxygen atoms in total. The molecule has 0 spiro atoms. The standard InChI is InChI=1S/C13H14F3N2OS.ClH/c1-9-11(4-5-19)20-8-18(9)7-10-2-3-12(17-6-10)13(14,15)16;/h2-3,6,8,19H,4-5,7H2,1H3;1H/q+1;/p-1. The molecule has 0 aliphatic carbocycles. The van der Waals surface area contributed by atoms with E-state index in [2.05, 4.69) is 4.98 Å². The first-order chi connectivity index (χ1) is 9.41. The predicted octanol–water partition coefficient (Wildman–Crippen LogP) is -0.655. The Balaban J connectivity index is 0.00000220. The molecule has 0 aliphatic rings. The summed E-state index contributed by atoms with van der Waals surface area (Å²) < 4.78 is 39.2. The van der Waals surface area contributed by atoms with Crippen LogP contribution < -0.4 is 17.0 Å². The molecule has 0 bridgehead atoms. The van der Waals surface area contributed by atoms with Gasteiger partial charge in [-0.3, -0.25) is 4.98 Å². The molecule has 0 amide bonds. The van der Waals surface area contributed by atoms with Crippen molar-refractivity contribution in [2.75, 3.05) is 6.61 Å². The molecule has 0 saturated carbocycles. The smallest absolute Gasteiger partial charge is 0.433 e. The highest BCUT2D eigenvalue weighted by molar-refractivity contribution is 7.09. The lowest BCUT2D eigenvalue weighted by Crippen LogP contribution is -3.00. The van der Waals surface area contributed by atoms with Crippen molar-refractivity contribution >= 4 is 11.3 Å². The van der Waals surface area contributed by atoms with Crippen molar-refractivity contribution in [2.45, 2.75) is 26.1 Å². The lowest BCUT2D eigenvalue weighted by atomic mass is 10.2. The van der Waals surface area contributed by atoms with Crippen molar-refractivity contribution in [3.05, 3.63) is 45.7 Å². The van der Waals surface area contributed by atoms with Gasteiger partial charge in [0.25, 0.3) is 0 Å². The summed E-state index contributed by atoms with van der Waals surface area (Å²) in [4.78, 5) is 4.52. The summed E-state index contributed by atoms with van der Waals surface area (Å²) >= 11 is 1.53. The summed E-state index contributed by atoms with van der Waals surface area (Å²) in [5, 5.41) is 8.93. The fourth-order valence-corrected chi connectivity index (χ4v) is 2.82. The zero-order valence-electron chi connectivity index (χ0n) is 11.2. The van der Waals surface area contributed by atoms with Crippen LogP contribution in [0.5, 0.6) is 0 Å². The van der Waals surface area contributed by atoms with Crippen LogP contribution in [-0.4, -0.2) is 16.7 Å². The van der Waals surface area contributed by atoms with Crippen LogP contribution in [0.1, 0.15) is 21.8 Å². The minimum Gasteiger partial charge on any atom is -1.00 e. The van der Waals surface area contributed by atoms with Crippen LogP contribution in [0.15, 0.2) is 23.8 Å². The number of aromatic nitrogens is 2. The SMILES string of the molecule is Cc1c(CCO)sc[n+]1Cc1ccc(C(F)(F)F)nc1.[Cl-]. The third kappa shape index (κ3) is 4.39. The van der Waals surface area contributed by atoms with Crippen LogP contribution in [-0.2, 0) is 19.1 Å². The van der Waals surface area contributed by atoms with Gasteiger partial charge in [0.15, 0.2) is 12.2 Å². The average molecular weight is 339 g/mol. The highest BCUT2D eigenvalue weighted by Crippen LogP contribution is 2.27. The molecule has 0 aliphatic heterocycles. The summed E-state index contributed by atoms with van der Waals surface area (Å²) in [5.41, 5.74) is 2.75. The Morgan fingerprint density at radius 1 is 1.33 bits per heavy atom. The first kappa shape index (κ1) is 17.9. The number of aliphatic hydroxyl groups excluding tert-OH is 1. The number of alkyl halides is 3. The number of thiazole rings is 1. The summed E-state index contributed by atoms with van der Waals surface area (Å²) in [6.07, 6.45) is -2.56. The number of rotatable bonds is 4. The van der Waals surface area contributed by atoms with Gasteiger partial charge < -0.3 is 17.5 Å². The Labute approximate surface area is 130 Å². The molecular formula is C13H14ClF3N2OS. The molecule has 2 aromatic rings. The first-order valence-corrected chi connectivity index (χ1v) is 6.89. The van der Waals surface area contributed by atoms with E-state index in [0.717, 1.165) is 16.6 Å². The first-order valence-electron chi connectivity index (χ1n) is 6.01. The van der Waals surface area contributed by atoms with Crippen LogP contribution in [0, 0.1) is 6.92 Å². The van der Waals surface area contributed by atoms with E-state index in [4.69, 9.17) is 5.11 Å². The van der Waals surface area contributed by atoms with E-state index in [-0.39, 0.29) is 19.0 Å². The Morgan fingerprint density at radius 2 is 2.05 bits per heavy atom. The summed E-state index contributed by atoms with van der Waals surface area (Å²) in [6.45, 7) is 2.49. The molecule has 2 rings (SSSR count). The minimum absolute atomic E-state index is 0. The van der Waals surface area contributed by atoms with Gasteiger partial charge in [0.05, 0.1) is 4.88 Å². The molecule has 0 unspecified atom stereocenters. The molecule has 0 saturated heterocycles. The summed E-state index contributed by atoms with van der Waals surface area (Å²) in [7, 11) is 0. The second-order valence-corrected chi connectivity index (χ2v) is 5.32. The second-order valence-electron chi connectivity index (χ2n) is 4.38. The number of aliphatic hydroxyl groups is 1. The molecule has 8 heteroatoms. The van der Waals surface area contributed by atoms with Crippen LogP contribution in [0.3, 0.4) is 0 Å². The number of hydrogen-bond acceptors (Lipinski definition) is 3. The van der Waals surface area contributed by atoms with Crippen molar-refractivity contribution in [2.24, 2.45) is 0 Å². The van der Waals surface area contributed by atoms with Gasteiger partial charge in [0.1, 0.15) is 5.69 Å².